The van der Waals surface area contributed by atoms with Gasteiger partial charge in [-0.2, -0.15) is 0 Å². The van der Waals surface area contributed by atoms with Crippen LogP contribution in [-0.4, -0.2) is 19.8 Å². The van der Waals surface area contributed by atoms with E-state index in [-0.39, 0.29) is 0 Å². The van der Waals surface area contributed by atoms with Crippen molar-refractivity contribution in [3.8, 4) is 22.5 Å². The molecule has 0 amide bonds. The molecule has 0 aliphatic heterocycles. The fourth-order valence-electron chi connectivity index (χ4n) is 3.06. The fraction of sp³-hybridized carbons (Fsp3) is 0.167. The summed E-state index contributed by atoms with van der Waals surface area (Å²) in [6, 6.07) is 15.0. The maximum Gasteiger partial charge on any atom is 0.175 e. The maximum atomic E-state index is 11.6. The van der Waals surface area contributed by atoms with Gasteiger partial charge in [0.1, 0.15) is 0 Å². The maximum absolute atomic E-state index is 11.6. The van der Waals surface area contributed by atoms with Crippen LogP contribution < -0.4 is 0 Å². The third-order valence-electron chi connectivity index (χ3n) is 4.23. The van der Waals surface area contributed by atoms with Crippen LogP contribution in [0.2, 0.25) is 0 Å². The van der Waals surface area contributed by atoms with Gasteiger partial charge in [-0.05, 0) is 48.2 Å². The Bertz CT molecular complexity index is 985. The van der Waals surface area contributed by atoms with Gasteiger partial charge in [-0.15, -0.1) is 0 Å². The van der Waals surface area contributed by atoms with Crippen LogP contribution >= 0.6 is 0 Å². The Hall–Kier alpha value is -2.40. The van der Waals surface area contributed by atoms with Gasteiger partial charge in [0.2, 0.25) is 0 Å². The van der Waals surface area contributed by atoms with Gasteiger partial charge < -0.3 is 4.52 Å². The van der Waals surface area contributed by atoms with E-state index in [0.717, 1.165) is 35.2 Å². The van der Waals surface area contributed by atoms with Gasteiger partial charge in [-0.3, -0.25) is 0 Å². The van der Waals surface area contributed by atoms with E-state index >= 15 is 0 Å². The number of aromatic nitrogens is 1. The Labute approximate surface area is 134 Å². The van der Waals surface area contributed by atoms with Gasteiger partial charge in [-0.25, -0.2) is 8.42 Å². The second kappa shape index (κ2) is 5.06. The second-order valence-corrected chi connectivity index (χ2v) is 7.80. The predicted octanol–water partition coefficient (Wildman–Crippen LogP) is 3.51. The largest absolute Gasteiger partial charge is 0.355 e. The Kier molecular flexibility index (Phi) is 3.13. The van der Waals surface area contributed by atoms with Crippen molar-refractivity contribution in [2.45, 2.75) is 17.7 Å². The summed E-state index contributed by atoms with van der Waals surface area (Å²) < 4.78 is 28.8. The number of nitrogens with zero attached hydrogens (tertiary/aromatic N) is 1. The Balaban J connectivity index is 1.86. The van der Waals surface area contributed by atoms with Crippen LogP contribution in [0.5, 0.6) is 0 Å². The third kappa shape index (κ3) is 2.37. The highest BCUT2D eigenvalue weighted by molar-refractivity contribution is 7.90. The first kappa shape index (κ1) is 14.2. The molecule has 1 heterocycles. The van der Waals surface area contributed by atoms with E-state index in [4.69, 9.17) is 4.52 Å². The minimum Gasteiger partial charge on any atom is -0.355 e. The van der Waals surface area contributed by atoms with Crippen LogP contribution in [-0.2, 0) is 22.7 Å². The van der Waals surface area contributed by atoms with Gasteiger partial charge in [0.25, 0.3) is 0 Å². The highest BCUT2D eigenvalue weighted by atomic mass is 32.2. The summed E-state index contributed by atoms with van der Waals surface area (Å²) in [6.07, 6.45) is 3.02. The average Bonchev–Trinajstić information content (AvgIpc) is 2.99. The molecule has 23 heavy (non-hydrogen) atoms. The van der Waals surface area contributed by atoms with Crippen molar-refractivity contribution in [3.63, 3.8) is 0 Å². The first-order valence-corrected chi connectivity index (χ1v) is 9.30. The Morgan fingerprint density at radius 3 is 2.48 bits per heavy atom. The summed E-state index contributed by atoms with van der Waals surface area (Å²) in [5.41, 5.74) is 5.27. The molecule has 0 saturated carbocycles. The first-order chi connectivity index (χ1) is 11.0. The molecule has 0 N–H and O–H groups in total. The first-order valence-electron chi connectivity index (χ1n) is 7.41. The highest BCUT2D eigenvalue weighted by Crippen LogP contribution is 2.40. The SMILES string of the molecule is CS(=O)(=O)c1ccc(-c2onc3c2-c2ccccc2CC3)cc1. The molecular weight excluding hydrogens is 310 g/mol. The molecule has 4 rings (SSSR count). The number of benzene rings is 2. The summed E-state index contributed by atoms with van der Waals surface area (Å²) in [5.74, 6) is 0.701. The predicted molar refractivity (Wildman–Crippen MR) is 87.9 cm³/mol. The summed E-state index contributed by atoms with van der Waals surface area (Å²) in [6.45, 7) is 0. The van der Waals surface area contributed by atoms with E-state index in [0.29, 0.717) is 10.7 Å². The number of hydrogen-bond acceptors (Lipinski definition) is 4. The van der Waals surface area contributed by atoms with Crippen LogP contribution in [0.1, 0.15) is 11.3 Å². The lowest BCUT2D eigenvalue weighted by Crippen LogP contribution is -2.03. The van der Waals surface area contributed by atoms with Crippen LogP contribution in [0.25, 0.3) is 22.5 Å². The van der Waals surface area contributed by atoms with E-state index in [1.807, 2.05) is 12.1 Å². The summed E-state index contributed by atoms with van der Waals surface area (Å²) >= 11 is 0. The summed E-state index contributed by atoms with van der Waals surface area (Å²) in [4.78, 5) is 0.301. The molecule has 0 fully saturated rings. The van der Waals surface area contributed by atoms with Crippen LogP contribution in [0.4, 0.5) is 0 Å². The molecule has 0 bridgehead atoms. The van der Waals surface area contributed by atoms with E-state index in [2.05, 4.69) is 17.3 Å². The smallest absolute Gasteiger partial charge is 0.175 e. The number of fused-ring (bicyclic) bond motifs is 3. The summed E-state index contributed by atoms with van der Waals surface area (Å²) in [5, 5.41) is 4.21. The number of rotatable bonds is 2. The molecule has 0 spiro atoms. The Morgan fingerprint density at radius 2 is 1.74 bits per heavy atom. The molecule has 2 aromatic carbocycles. The molecular formula is C18H15NO3S. The van der Waals surface area contributed by atoms with E-state index in [9.17, 15) is 8.42 Å². The zero-order chi connectivity index (χ0) is 16.0. The van der Waals surface area contributed by atoms with Crippen molar-refractivity contribution in [1.82, 2.24) is 5.16 Å². The zero-order valence-electron chi connectivity index (χ0n) is 12.6. The van der Waals surface area contributed by atoms with Crippen LogP contribution in [0.3, 0.4) is 0 Å². The van der Waals surface area contributed by atoms with E-state index < -0.39 is 9.84 Å². The zero-order valence-corrected chi connectivity index (χ0v) is 13.4. The van der Waals surface area contributed by atoms with Crippen molar-refractivity contribution in [2.24, 2.45) is 0 Å². The van der Waals surface area contributed by atoms with Gasteiger partial charge >= 0.3 is 0 Å². The minimum absolute atomic E-state index is 0.301. The topological polar surface area (TPSA) is 60.2 Å². The number of sulfone groups is 1. The normalized spacial score (nSPS) is 13.4. The third-order valence-corrected chi connectivity index (χ3v) is 5.35. The van der Waals surface area contributed by atoms with Crippen molar-refractivity contribution in [2.75, 3.05) is 6.26 Å². The molecule has 4 nitrogen and oxygen atoms in total. The molecule has 0 unspecified atom stereocenters. The lowest BCUT2D eigenvalue weighted by molar-refractivity contribution is 0.423. The molecule has 1 aliphatic carbocycles. The fourth-order valence-corrected chi connectivity index (χ4v) is 3.69. The van der Waals surface area contributed by atoms with Crippen molar-refractivity contribution >= 4 is 9.84 Å². The quantitative estimate of drug-likeness (QED) is 0.723. The monoisotopic (exact) mass is 325 g/mol. The molecule has 1 aromatic heterocycles. The second-order valence-electron chi connectivity index (χ2n) is 5.79. The van der Waals surface area contributed by atoms with Gasteiger partial charge in [0.05, 0.1) is 16.2 Å². The van der Waals surface area contributed by atoms with Gasteiger partial charge in [0.15, 0.2) is 15.6 Å². The van der Waals surface area contributed by atoms with Crippen LogP contribution in [0, 0.1) is 0 Å². The molecule has 0 saturated heterocycles. The highest BCUT2D eigenvalue weighted by Gasteiger charge is 2.25. The lowest BCUT2D eigenvalue weighted by Gasteiger charge is -2.15. The molecule has 116 valence electrons. The molecule has 0 radical (unpaired) electrons. The van der Waals surface area contributed by atoms with Crippen LogP contribution in [0.15, 0.2) is 57.9 Å². The molecule has 1 aliphatic rings. The Morgan fingerprint density at radius 1 is 1.00 bits per heavy atom. The molecule has 5 heteroatoms. The minimum atomic E-state index is -3.20. The lowest BCUT2D eigenvalue weighted by atomic mass is 9.87. The molecule has 3 aromatic rings. The van der Waals surface area contributed by atoms with Gasteiger partial charge in [-0.1, -0.05) is 29.4 Å². The number of hydrogen-bond donors (Lipinski definition) is 0. The summed E-state index contributed by atoms with van der Waals surface area (Å²) in [7, 11) is -3.20. The van der Waals surface area contributed by atoms with Crippen molar-refractivity contribution in [3.05, 3.63) is 59.8 Å². The van der Waals surface area contributed by atoms with E-state index in [1.165, 1.54) is 11.8 Å². The van der Waals surface area contributed by atoms with Crippen molar-refractivity contribution < 1.29 is 12.9 Å². The van der Waals surface area contributed by atoms with Gasteiger partial charge in [0, 0.05) is 11.8 Å². The average molecular weight is 325 g/mol. The van der Waals surface area contributed by atoms with Crippen molar-refractivity contribution in [1.29, 1.82) is 0 Å². The standard InChI is InChI=1S/C18H15NO3S/c1-23(20,21)14-9-6-13(7-10-14)18-17-15-5-3-2-4-12(15)8-11-16(17)19-22-18/h2-7,9-10H,8,11H2,1H3. The number of aryl methyl sites for hydroxylation is 2. The van der Waals surface area contributed by atoms with E-state index in [1.54, 1.807) is 24.3 Å². The molecule has 0 atom stereocenters.